The van der Waals surface area contributed by atoms with Gasteiger partial charge in [-0.1, -0.05) is 0 Å². The zero-order valence-corrected chi connectivity index (χ0v) is 19.2. The van der Waals surface area contributed by atoms with E-state index in [1.807, 2.05) is 0 Å². The number of carbonyl (C=O) groups is 1. The minimum absolute atomic E-state index is 0.104. The number of anilines is 1. The Hall–Kier alpha value is -2.75. The molecule has 2 aromatic heterocycles. The Labute approximate surface area is 187 Å². The molecule has 0 bridgehead atoms. The Morgan fingerprint density at radius 1 is 1.31 bits per heavy atom. The second-order valence-electron chi connectivity index (χ2n) is 9.10. The molecule has 1 aliphatic heterocycles. The van der Waals surface area contributed by atoms with Crippen molar-refractivity contribution in [1.29, 1.82) is 0 Å². The summed E-state index contributed by atoms with van der Waals surface area (Å²) in [5.41, 5.74) is -0.662. The van der Waals surface area contributed by atoms with Crippen LogP contribution in [-0.4, -0.2) is 77.2 Å². The molecule has 32 heavy (non-hydrogen) atoms. The highest BCUT2D eigenvalue weighted by Gasteiger charge is 2.56. The summed E-state index contributed by atoms with van der Waals surface area (Å²) in [5.74, 6) is 0.668. The summed E-state index contributed by atoms with van der Waals surface area (Å²) in [6.45, 7) is 13.7. The van der Waals surface area contributed by atoms with Crippen molar-refractivity contribution >= 4 is 33.2 Å². The highest BCUT2D eigenvalue weighted by molar-refractivity contribution is 7.87. The average molecular weight is 462 g/mol. The van der Waals surface area contributed by atoms with Crippen LogP contribution >= 0.6 is 0 Å². The van der Waals surface area contributed by atoms with Crippen LogP contribution in [0.25, 0.3) is 15.9 Å². The van der Waals surface area contributed by atoms with E-state index >= 15 is 0 Å². The monoisotopic (exact) mass is 461 g/mol. The first-order chi connectivity index (χ1) is 15.1. The summed E-state index contributed by atoms with van der Waals surface area (Å²) in [4.78, 5) is 26.6. The number of nitrogens with zero attached hydrogens (tertiary/aromatic N) is 6. The predicted molar refractivity (Wildman–Crippen MR) is 118 cm³/mol. The largest absolute Gasteiger partial charge is 0.443 e. The van der Waals surface area contributed by atoms with Gasteiger partial charge in [-0.3, -0.25) is 0 Å². The van der Waals surface area contributed by atoms with Crippen molar-refractivity contribution in [2.45, 2.75) is 44.8 Å². The van der Waals surface area contributed by atoms with Crippen LogP contribution in [0.2, 0.25) is 0 Å². The van der Waals surface area contributed by atoms with Crippen LogP contribution in [0.5, 0.6) is 0 Å². The van der Waals surface area contributed by atoms with Gasteiger partial charge in [0.2, 0.25) is 6.54 Å². The van der Waals surface area contributed by atoms with Crippen molar-refractivity contribution in [1.82, 2.24) is 23.6 Å². The molecular formula is C20H27N7O4S. The van der Waals surface area contributed by atoms with E-state index in [1.165, 1.54) is 15.2 Å². The van der Waals surface area contributed by atoms with Crippen LogP contribution < -0.4 is 9.62 Å². The summed E-state index contributed by atoms with van der Waals surface area (Å²) in [6.07, 6.45) is 4.04. The number of nitrogens with one attached hydrogen (secondary N) is 1. The van der Waals surface area contributed by atoms with Crippen molar-refractivity contribution < 1.29 is 17.9 Å². The van der Waals surface area contributed by atoms with Gasteiger partial charge >= 0.3 is 6.09 Å². The third-order valence-electron chi connectivity index (χ3n) is 5.56. The molecule has 172 valence electrons. The molecule has 11 nitrogen and oxygen atoms in total. The maximum atomic E-state index is 12.8. The molecule has 2 fully saturated rings. The van der Waals surface area contributed by atoms with Gasteiger partial charge < -0.3 is 14.5 Å². The molecule has 2 aromatic rings. The lowest BCUT2D eigenvalue weighted by Crippen LogP contribution is -2.59. The standard InChI is InChI=1S/C20H27N7O4S/c1-19(2,3)31-18(28)26-10-5-15-16(22-14-23-17(15)26)25-11-12-27(20(13-25)6-7-20)32(29,30)24-9-8-21-4/h5,10,14,24H,6-9,11-13H2,1-3H3. The molecule has 1 saturated heterocycles. The van der Waals surface area contributed by atoms with E-state index < -0.39 is 27.4 Å². The van der Waals surface area contributed by atoms with E-state index in [9.17, 15) is 13.2 Å². The zero-order chi connectivity index (χ0) is 23.1. The highest BCUT2D eigenvalue weighted by atomic mass is 32.2. The van der Waals surface area contributed by atoms with Gasteiger partial charge in [-0.05, 0) is 39.7 Å². The van der Waals surface area contributed by atoms with E-state index in [1.54, 1.807) is 33.0 Å². The maximum absolute atomic E-state index is 12.8. The fraction of sp³-hybridized carbons (Fsp3) is 0.600. The van der Waals surface area contributed by atoms with Gasteiger partial charge in [-0.2, -0.15) is 17.4 Å². The number of fused-ring (bicyclic) bond motifs is 1. The van der Waals surface area contributed by atoms with Gasteiger partial charge in [-0.25, -0.2) is 25.9 Å². The number of aromatic nitrogens is 3. The summed E-state index contributed by atoms with van der Waals surface area (Å²) in [5, 5.41) is 0.709. The van der Waals surface area contributed by atoms with Crippen molar-refractivity contribution in [2.24, 2.45) is 0 Å². The minimum atomic E-state index is -3.66. The molecule has 1 spiro atoms. The van der Waals surface area contributed by atoms with Gasteiger partial charge in [0.05, 0.1) is 17.5 Å². The predicted octanol–water partition coefficient (Wildman–Crippen LogP) is 1.62. The summed E-state index contributed by atoms with van der Waals surface area (Å²) in [6, 6.07) is 1.78. The van der Waals surface area contributed by atoms with Gasteiger partial charge in [-0.15, -0.1) is 0 Å². The van der Waals surface area contributed by atoms with Crippen LogP contribution in [0, 0.1) is 6.57 Å². The number of ether oxygens (including phenoxy) is 1. The smallest absolute Gasteiger partial charge is 0.420 e. The van der Waals surface area contributed by atoms with Gasteiger partial charge in [0, 0.05) is 25.8 Å². The average Bonchev–Trinajstić information content (AvgIpc) is 3.31. The molecule has 0 atom stereocenters. The Morgan fingerprint density at radius 3 is 2.72 bits per heavy atom. The van der Waals surface area contributed by atoms with Gasteiger partial charge in [0.15, 0.2) is 5.65 Å². The van der Waals surface area contributed by atoms with E-state index in [2.05, 4.69) is 24.4 Å². The second kappa shape index (κ2) is 7.99. The van der Waals surface area contributed by atoms with Gasteiger partial charge in [0.1, 0.15) is 17.7 Å². The Morgan fingerprint density at radius 2 is 2.06 bits per heavy atom. The topological polar surface area (TPSA) is 114 Å². The number of piperazine rings is 1. The molecule has 1 N–H and O–H groups in total. The normalized spacial score (nSPS) is 18.6. The van der Waals surface area contributed by atoms with Crippen molar-refractivity contribution in [3.05, 3.63) is 30.0 Å². The summed E-state index contributed by atoms with van der Waals surface area (Å²) in [7, 11) is -3.66. The van der Waals surface area contributed by atoms with Gasteiger partial charge in [0.25, 0.3) is 10.2 Å². The van der Waals surface area contributed by atoms with Crippen LogP contribution in [-0.2, 0) is 14.9 Å². The zero-order valence-electron chi connectivity index (χ0n) is 18.4. The molecule has 0 aromatic carbocycles. The third kappa shape index (κ3) is 4.28. The first kappa shape index (κ1) is 22.4. The van der Waals surface area contributed by atoms with Crippen molar-refractivity contribution in [2.75, 3.05) is 37.6 Å². The molecule has 0 amide bonds. The number of carbonyl (C=O) groups excluding carboxylic acids is 1. The second-order valence-corrected chi connectivity index (χ2v) is 10.8. The number of hydrogen-bond donors (Lipinski definition) is 1. The minimum Gasteiger partial charge on any atom is -0.443 e. The molecule has 4 rings (SSSR count). The molecule has 3 heterocycles. The Balaban J connectivity index is 1.57. The van der Waals surface area contributed by atoms with Crippen molar-refractivity contribution in [3.63, 3.8) is 0 Å². The van der Waals surface area contributed by atoms with Crippen LogP contribution in [0.15, 0.2) is 18.6 Å². The first-order valence-electron chi connectivity index (χ1n) is 10.5. The SMILES string of the molecule is [C-]#[N+]CCNS(=O)(=O)N1CCN(c2ncnc3c2ccn3C(=O)OC(C)(C)C)CC12CC2. The quantitative estimate of drug-likeness (QED) is 0.532. The first-order valence-corrected chi connectivity index (χ1v) is 11.9. The van der Waals surface area contributed by atoms with E-state index in [0.29, 0.717) is 36.5 Å². The Bertz CT molecular complexity index is 1170. The fourth-order valence-corrected chi connectivity index (χ4v) is 5.60. The van der Waals surface area contributed by atoms with Crippen LogP contribution in [0.3, 0.4) is 0 Å². The van der Waals surface area contributed by atoms with E-state index in [4.69, 9.17) is 11.3 Å². The van der Waals surface area contributed by atoms with E-state index in [0.717, 1.165) is 12.8 Å². The molecular weight excluding hydrogens is 434 g/mol. The van der Waals surface area contributed by atoms with E-state index in [-0.39, 0.29) is 13.1 Å². The third-order valence-corrected chi connectivity index (χ3v) is 7.28. The Kier molecular flexibility index (Phi) is 5.60. The lowest BCUT2D eigenvalue weighted by atomic mass is 10.2. The molecule has 0 radical (unpaired) electrons. The summed E-state index contributed by atoms with van der Waals surface area (Å²) >= 11 is 0. The lowest BCUT2D eigenvalue weighted by Gasteiger charge is -2.41. The highest BCUT2D eigenvalue weighted by Crippen LogP contribution is 2.46. The molecule has 1 saturated carbocycles. The van der Waals surface area contributed by atoms with Crippen LogP contribution in [0.4, 0.5) is 10.6 Å². The van der Waals surface area contributed by atoms with Crippen LogP contribution in [0.1, 0.15) is 33.6 Å². The van der Waals surface area contributed by atoms with Crippen molar-refractivity contribution in [3.8, 4) is 0 Å². The fourth-order valence-electron chi connectivity index (χ4n) is 4.03. The molecule has 2 aliphatic rings. The summed E-state index contributed by atoms with van der Waals surface area (Å²) < 4.78 is 36.4. The number of hydrogen-bond acceptors (Lipinski definition) is 7. The molecule has 12 heteroatoms. The molecule has 0 unspecified atom stereocenters. The molecule has 1 aliphatic carbocycles. The number of rotatable bonds is 5. The maximum Gasteiger partial charge on any atom is 0.420 e. The lowest BCUT2D eigenvalue weighted by molar-refractivity contribution is 0.0543.